The molecule has 2 aliphatic heterocycles. The lowest BCUT2D eigenvalue weighted by molar-refractivity contribution is 0.496. The van der Waals surface area contributed by atoms with Crippen LogP contribution in [0.3, 0.4) is 0 Å². The Morgan fingerprint density at radius 2 is 1.83 bits per heavy atom. The SMILES string of the molecule is C=Cc1c(N2CCC(c3ccc(N4CCNCC4)cn3)CC2)cc(C)nc1N(C)C. The van der Waals surface area contributed by atoms with E-state index in [1.54, 1.807) is 0 Å². The van der Waals surface area contributed by atoms with Crippen LogP contribution >= 0.6 is 0 Å². The normalized spacial score (nSPS) is 17.8. The zero-order valence-electron chi connectivity index (χ0n) is 18.6. The molecule has 6 heteroatoms. The minimum atomic E-state index is 0.529. The Bertz CT molecular complexity index is 862. The first-order valence-electron chi connectivity index (χ1n) is 11.0. The molecule has 2 aromatic rings. The van der Waals surface area contributed by atoms with Gasteiger partial charge in [0.25, 0.3) is 0 Å². The van der Waals surface area contributed by atoms with E-state index in [1.807, 2.05) is 20.2 Å². The van der Waals surface area contributed by atoms with E-state index in [-0.39, 0.29) is 0 Å². The number of aromatic nitrogens is 2. The van der Waals surface area contributed by atoms with Crippen molar-refractivity contribution in [3.05, 3.63) is 47.9 Å². The minimum absolute atomic E-state index is 0.529. The topological polar surface area (TPSA) is 47.5 Å². The first-order chi connectivity index (χ1) is 14.6. The maximum Gasteiger partial charge on any atom is 0.137 e. The number of aryl methyl sites for hydroxylation is 1. The molecular weight excluding hydrogens is 372 g/mol. The Kier molecular flexibility index (Phi) is 6.23. The van der Waals surface area contributed by atoms with E-state index < -0.39 is 0 Å². The predicted molar refractivity (Wildman–Crippen MR) is 127 cm³/mol. The minimum Gasteiger partial charge on any atom is -0.371 e. The number of anilines is 3. The van der Waals surface area contributed by atoms with E-state index in [1.165, 1.54) is 17.1 Å². The Hall–Kier alpha value is -2.60. The van der Waals surface area contributed by atoms with Crippen LogP contribution in [0.25, 0.3) is 6.08 Å². The Labute approximate surface area is 180 Å². The molecule has 0 saturated carbocycles. The molecule has 6 nitrogen and oxygen atoms in total. The Balaban J connectivity index is 1.45. The number of nitrogens with one attached hydrogen (secondary N) is 1. The molecule has 2 saturated heterocycles. The molecule has 0 atom stereocenters. The first-order valence-corrected chi connectivity index (χ1v) is 11.0. The van der Waals surface area contributed by atoms with Crippen LogP contribution < -0.4 is 20.0 Å². The molecule has 0 aliphatic carbocycles. The van der Waals surface area contributed by atoms with E-state index in [0.717, 1.165) is 69.2 Å². The number of piperidine rings is 1. The van der Waals surface area contributed by atoms with Gasteiger partial charge >= 0.3 is 0 Å². The molecule has 2 aliphatic rings. The average molecular weight is 407 g/mol. The molecule has 30 heavy (non-hydrogen) atoms. The van der Waals surface area contributed by atoms with Crippen molar-refractivity contribution < 1.29 is 0 Å². The lowest BCUT2D eigenvalue weighted by Crippen LogP contribution is -2.43. The largest absolute Gasteiger partial charge is 0.371 e. The second-order valence-electron chi connectivity index (χ2n) is 8.56. The third-order valence-electron chi connectivity index (χ3n) is 6.28. The van der Waals surface area contributed by atoms with Crippen molar-refractivity contribution in [2.75, 3.05) is 68.1 Å². The van der Waals surface area contributed by atoms with Gasteiger partial charge < -0.3 is 20.0 Å². The van der Waals surface area contributed by atoms with Crippen molar-refractivity contribution in [3.63, 3.8) is 0 Å². The standard InChI is InChI=1S/C24H34N6/c1-5-21-23(16-18(2)27-24(21)28(3)4)30-12-8-19(9-13-30)22-7-6-20(17-26-22)29-14-10-25-11-15-29/h5-7,16-17,19,25H,1,8-15H2,2-4H3. The van der Waals surface area contributed by atoms with Crippen LogP contribution in [-0.2, 0) is 0 Å². The van der Waals surface area contributed by atoms with Gasteiger partial charge in [0.2, 0.25) is 0 Å². The molecule has 160 valence electrons. The predicted octanol–water partition coefficient (Wildman–Crippen LogP) is 3.29. The van der Waals surface area contributed by atoms with Crippen molar-refractivity contribution >= 4 is 23.3 Å². The summed E-state index contributed by atoms with van der Waals surface area (Å²) in [7, 11) is 4.08. The molecule has 0 bridgehead atoms. The molecular formula is C24H34N6. The van der Waals surface area contributed by atoms with Crippen LogP contribution in [0.1, 0.15) is 35.7 Å². The lowest BCUT2D eigenvalue weighted by Gasteiger charge is -2.35. The maximum atomic E-state index is 4.85. The van der Waals surface area contributed by atoms with Crippen molar-refractivity contribution in [1.29, 1.82) is 0 Å². The van der Waals surface area contributed by atoms with E-state index in [4.69, 9.17) is 9.97 Å². The van der Waals surface area contributed by atoms with Gasteiger partial charge in [0.1, 0.15) is 5.82 Å². The van der Waals surface area contributed by atoms with Gasteiger partial charge in [-0.2, -0.15) is 0 Å². The third-order valence-corrected chi connectivity index (χ3v) is 6.28. The van der Waals surface area contributed by atoms with Gasteiger partial charge in [0.15, 0.2) is 0 Å². The molecule has 0 spiro atoms. The van der Waals surface area contributed by atoms with E-state index in [9.17, 15) is 0 Å². The fourth-order valence-electron chi connectivity index (χ4n) is 4.61. The van der Waals surface area contributed by atoms with Gasteiger partial charge in [-0.05, 0) is 38.0 Å². The summed E-state index contributed by atoms with van der Waals surface area (Å²) in [5, 5.41) is 3.41. The van der Waals surface area contributed by atoms with E-state index in [0.29, 0.717) is 5.92 Å². The number of pyridine rings is 2. The van der Waals surface area contributed by atoms with E-state index in [2.05, 4.69) is 57.9 Å². The molecule has 4 rings (SSSR count). The van der Waals surface area contributed by atoms with E-state index >= 15 is 0 Å². The molecule has 4 heterocycles. The van der Waals surface area contributed by atoms with Crippen molar-refractivity contribution in [2.45, 2.75) is 25.7 Å². The molecule has 2 aromatic heterocycles. The highest BCUT2D eigenvalue weighted by Gasteiger charge is 2.24. The highest BCUT2D eigenvalue weighted by Crippen LogP contribution is 2.35. The number of piperazine rings is 1. The summed E-state index contributed by atoms with van der Waals surface area (Å²) in [4.78, 5) is 16.5. The van der Waals surface area contributed by atoms with Crippen LogP contribution in [0.2, 0.25) is 0 Å². The van der Waals surface area contributed by atoms with Crippen LogP contribution in [0.15, 0.2) is 31.0 Å². The Morgan fingerprint density at radius 3 is 2.43 bits per heavy atom. The van der Waals surface area contributed by atoms with Gasteiger partial charge in [-0.1, -0.05) is 12.7 Å². The van der Waals surface area contributed by atoms with Crippen molar-refractivity contribution in [2.24, 2.45) is 0 Å². The zero-order valence-corrected chi connectivity index (χ0v) is 18.6. The molecule has 0 amide bonds. The van der Waals surface area contributed by atoms with Crippen molar-refractivity contribution in [1.82, 2.24) is 15.3 Å². The summed E-state index contributed by atoms with van der Waals surface area (Å²) in [5.41, 5.74) is 5.91. The van der Waals surface area contributed by atoms with Crippen LogP contribution in [0, 0.1) is 6.92 Å². The number of rotatable bonds is 5. The number of nitrogens with zero attached hydrogens (tertiary/aromatic N) is 5. The fourth-order valence-corrected chi connectivity index (χ4v) is 4.61. The number of hydrogen-bond acceptors (Lipinski definition) is 6. The lowest BCUT2D eigenvalue weighted by atomic mass is 9.92. The van der Waals surface area contributed by atoms with Gasteiger partial charge in [-0.15, -0.1) is 0 Å². The molecule has 1 N–H and O–H groups in total. The smallest absolute Gasteiger partial charge is 0.137 e. The average Bonchev–Trinajstić information content (AvgIpc) is 2.79. The van der Waals surface area contributed by atoms with Gasteiger partial charge in [-0.25, -0.2) is 4.98 Å². The van der Waals surface area contributed by atoms with Crippen LogP contribution in [0.5, 0.6) is 0 Å². The Morgan fingerprint density at radius 1 is 1.10 bits per heavy atom. The summed E-state index contributed by atoms with van der Waals surface area (Å²) in [5.74, 6) is 1.52. The molecule has 0 unspecified atom stereocenters. The summed E-state index contributed by atoms with van der Waals surface area (Å²) in [6.45, 7) is 12.4. The quantitative estimate of drug-likeness (QED) is 0.822. The summed E-state index contributed by atoms with van der Waals surface area (Å²) in [6, 6.07) is 6.70. The highest BCUT2D eigenvalue weighted by molar-refractivity contribution is 5.76. The highest BCUT2D eigenvalue weighted by atomic mass is 15.2. The summed E-state index contributed by atoms with van der Waals surface area (Å²) in [6.07, 6.45) is 6.25. The van der Waals surface area contributed by atoms with Crippen molar-refractivity contribution in [3.8, 4) is 0 Å². The molecule has 2 fully saturated rings. The van der Waals surface area contributed by atoms with Gasteiger partial charge in [0.05, 0.1) is 11.9 Å². The second-order valence-corrected chi connectivity index (χ2v) is 8.56. The van der Waals surface area contributed by atoms with Crippen LogP contribution in [0.4, 0.5) is 17.2 Å². The number of hydrogen-bond donors (Lipinski definition) is 1. The van der Waals surface area contributed by atoms with Gasteiger partial charge in [-0.3, -0.25) is 4.98 Å². The monoisotopic (exact) mass is 406 g/mol. The summed E-state index contributed by atoms with van der Waals surface area (Å²) < 4.78 is 0. The maximum absolute atomic E-state index is 4.85. The zero-order chi connectivity index (χ0) is 21.1. The first kappa shape index (κ1) is 20.7. The van der Waals surface area contributed by atoms with Crippen LogP contribution in [-0.4, -0.2) is 63.3 Å². The second kappa shape index (κ2) is 9.04. The van der Waals surface area contributed by atoms with Gasteiger partial charge in [0, 0.05) is 81.9 Å². The third kappa shape index (κ3) is 4.29. The molecule has 0 radical (unpaired) electrons. The molecule has 0 aromatic carbocycles. The summed E-state index contributed by atoms with van der Waals surface area (Å²) >= 11 is 0. The fraction of sp³-hybridized carbons (Fsp3) is 0.500.